The van der Waals surface area contributed by atoms with Gasteiger partial charge in [0.25, 0.3) is 0 Å². The van der Waals surface area contributed by atoms with E-state index in [0.29, 0.717) is 18.1 Å². The second-order valence-electron chi connectivity index (χ2n) is 6.05. The normalized spacial score (nSPS) is 10.3. The third-order valence-electron chi connectivity index (χ3n) is 4.11. The largest absolute Gasteiger partial charge is 0.358 e. The number of carbonyl (C=O) groups is 1. The summed E-state index contributed by atoms with van der Waals surface area (Å²) in [5, 5.41) is 3.62. The number of halogens is 1. The summed E-state index contributed by atoms with van der Waals surface area (Å²) >= 11 is 6.15. The van der Waals surface area contributed by atoms with Crippen LogP contribution in [0.5, 0.6) is 0 Å². The van der Waals surface area contributed by atoms with Crippen molar-refractivity contribution in [2.45, 2.75) is 13.1 Å². The second kappa shape index (κ2) is 9.07. The maximum atomic E-state index is 12.5. The highest BCUT2D eigenvalue weighted by molar-refractivity contribution is 6.31. The summed E-state index contributed by atoms with van der Waals surface area (Å²) < 4.78 is 0. The molecule has 3 nitrogen and oxygen atoms in total. The van der Waals surface area contributed by atoms with E-state index < -0.39 is 0 Å². The van der Waals surface area contributed by atoms with Gasteiger partial charge in [-0.15, -0.1) is 0 Å². The van der Waals surface area contributed by atoms with Crippen LogP contribution in [0.3, 0.4) is 0 Å². The number of benzene rings is 3. The predicted octanol–water partition coefficient (Wildman–Crippen LogP) is 4.66. The van der Waals surface area contributed by atoms with Crippen LogP contribution in [0.1, 0.15) is 11.1 Å². The van der Waals surface area contributed by atoms with E-state index in [1.165, 1.54) is 0 Å². The van der Waals surface area contributed by atoms with E-state index in [2.05, 4.69) is 22.3 Å². The van der Waals surface area contributed by atoms with Gasteiger partial charge >= 0.3 is 0 Å². The van der Waals surface area contributed by atoms with Crippen LogP contribution in [0.25, 0.3) is 0 Å². The molecule has 0 fully saturated rings. The molecule has 0 spiro atoms. The Morgan fingerprint density at radius 3 is 2.15 bits per heavy atom. The number of anilines is 1. The molecule has 0 aromatic heterocycles. The van der Waals surface area contributed by atoms with E-state index in [0.717, 1.165) is 16.8 Å². The fraction of sp³-hybridized carbons (Fsp3) is 0.136. The molecule has 4 heteroatoms. The van der Waals surface area contributed by atoms with E-state index in [-0.39, 0.29) is 12.5 Å². The monoisotopic (exact) mass is 364 g/mol. The molecule has 0 unspecified atom stereocenters. The van der Waals surface area contributed by atoms with E-state index in [1.54, 1.807) is 0 Å². The first kappa shape index (κ1) is 18.0. The van der Waals surface area contributed by atoms with Crippen molar-refractivity contribution in [1.29, 1.82) is 0 Å². The summed E-state index contributed by atoms with van der Waals surface area (Å²) in [6.07, 6.45) is 0. The van der Waals surface area contributed by atoms with Crippen LogP contribution >= 0.6 is 11.6 Å². The third-order valence-corrected chi connectivity index (χ3v) is 4.47. The lowest BCUT2D eigenvalue weighted by Gasteiger charge is -2.24. The van der Waals surface area contributed by atoms with Crippen molar-refractivity contribution in [3.05, 3.63) is 101 Å². The van der Waals surface area contributed by atoms with Gasteiger partial charge in [-0.05, 0) is 29.3 Å². The molecular weight excluding hydrogens is 344 g/mol. The molecule has 0 aliphatic carbocycles. The summed E-state index contributed by atoms with van der Waals surface area (Å²) in [4.78, 5) is 14.6. The van der Waals surface area contributed by atoms with E-state index in [1.807, 2.05) is 72.8 Å². The Morgan fingerprint density at radius 1 is 0.846 bits per heavy atom. The molecule has 0 aliphatic rings. The zero-order valence-corrected chi connectivity index (χ0v) is 15.2. The molecule has 0 bridgehead atoms. The van der Waals surface area contributed by atoms with Gasteiger partial charge in [-0.25, -0.2) is 0 Å². The summed E-state index contributed by atoms with van der Waals surface area (Å²) in [7, 11) is 0. The number of hydrogen-bond acceptors (Lipinski definition) is 2. The lowest BCUT2D eigenvalue weighted by Crippen LogP contribution is -2.36. The van der Waals surface area contributed by atoms with E-state index in [4.69, 9.17) is 11.6 Å². The summed E-state index contributed by atoms with van der Waals surface area (Å²) in [6.45, 7) is 1.38. The van der Waals surface area contributed by atoms with E-state index >= 15 is 0 Å². The Kier molecular flexibility index (Phi) is 6.29. The Hall–Kier alpha value is -2.78. The molecule has 0 aliphatic heterocycles. The number of rotatable bonds is 7. The minimum absolute atomic E-state index is 0.0373. The van der Waals surface area contributed by atoms with Gasteiger partial charge < -0.3 is 10.2 Å². The molecule has 132 valence electrons. The standard InChI is InChI=1S/C22H21ClN2O/c23-21-14-8-7-11-19(21)15-24-22(26)17-25(20-12-5-2-6-13-20)16-18-9-3-1-4-10-18/h1-14H,15-17H2,(H,24,26). The van der Waals surface area contributed by atoms with Crippen LogP contribution < -0.4 is 10.2 Å². The van der Waals surface area contributed by atoms with Crippen LogP contribution in [0.15, 0.2) is 84.9 Å². The van der Waals surface area contributed by atoms with Gasteiger partial charge in [-0.1, -0.05) is 78.3 Å². The van der Waals surface area contributed by atoms with Crippen molar-refractivity contribution < 1.29 is 4.79 Å². The number of hydrogen-bond donors (Lipinski definition) is 1. The van der Waals surface area contributed by atoms with Gasteiger partial charge in [-0.2, -0.15) is 0 Å². The van der Waals surface area contributed by atoms with Gasteiger partial charge in [0.15, 0.2) is 0 Å². The average Bonchev–Trinajstić information content (AvgIpc) is 2.68. The number of carbonyl (C=O) groups excluding carboxylic acids is 1. The zero-order chi connectivity index (χ0) is 18.2. The fourth-order valence-electron chi connectivity index (χ4n) is 2.75. The summed E-state index contributed by atoms with van der Waals surface area (Å²) in [5.74, 6) is -0.0373. The molecular formula is C22H21ClN2O. The lowest BCUT2D eigenvalue weighted by atomic mass is 10.2. The number of amides is 1. The van der Waals surface area contributed by atoms with Gasteiger partial charge in [0.1, 0.15) is 0 Å². The molecule has 3 rings (SSSR count). The van der Waals surface area contributed by atoms with Crippen molar-refractivity contribution in [1.82, 2.24) is 5.32 Å². The van der Waals surface area contributed by atoms with Gasteiger partial charge in [0.05, 0.1) is 6.54 Å². The van der Waals surface area contributed by atoms with E-state index in [9.17, 15) is 4.79 Å². The molecule has 1 N–H and O–H groups in total. The van der Waals surface area contributed by atoms with Gasteiger partial charge in [-0.3, -0.25) is 4.79 Å². The molecule has 0 saturated carbocycles. The Bertz CT molecular complexity index is 837. The summed E-state index contributed by atoms with van der Waals surface area (Å²) in [5.41, 5.74) is 3.09. The number of nitrogens with zero attached hydrogens (tertiary/aromatic N) is 1. The van der Waals surface area contributed by atoms with Crippen molar-refractivity contribution in [3.8, 4) is 0 Å². The maximum Gasteiger partial charge on any atom is 0.239 e. The Morgan fingerprint density at radius 2 is 1.46 bits per heavy atom. The Balaban J connectivity index is 1.67. The average molecular weight is 365 g/mol. The minimum Gasteiger partial charge on any atom is -0.358 e. The van der Waals surface area contributed by atoms with Crippen LogP contribution in [0.2, 0.25) is 5.02 Å². The summed E-state index contributed by atoms with van der Waals surface area (Å²) in [6, 6.07) is 27.7. The fourth-order valence-corrected chi connectivity index (χ4v) is 2.95. The van der Waals surface area contributed by atoms with Crippen molar-refractivity contribution >= 4 is 23.2 Å². The molecule has 3 aromatic carbocycles. The maximum absolute atomic E-state index is 12.5. The quantitative estimate of drug-likeness (QED) is 0.661. The molecule has 26 heavy (non-hydrogen) atoms. The molecule has 0 atom stereocenters. The highest BCUT2D eigenvalue weighted by Gasteiger charge is 2.12. The van der Waals surface area contributed by atoms with Crippen LogP contribution in [-0.2, 0) is 17.9 Å². The van der Waals surface area contributed by atoms with Crippen molar-refractivity contribution in [3.63, 3.8) is 0 Å². The first-order valence-electron chi connectivity index (χ1n) is 8.56. The molecule has 0 heterocycles. The van der Waals surface area contributed by atoms with Crippen LogP contribution in [-0.4, -0.2) is 12.5 Å². The number of nitrogens with one attached hydrogen (secondary N) is 1. The highest BCUT2D eigenvalue weighted by Crippen LogP contribution is 2.17. The molecule has 0 saturated heterocycles. The molecule has 1 amide bonds. The van der Waals surface area contributed by atoms with Crippen LogP contribution in [0, 0.1) is 0 Å². The van der Waals surface area contributed by atoms with Crippen molar-refractivity contribution in [2.24, 2.45) is 0 Å². The molecule has 3 aromatic rings. The highest BCUT2D eigenvalue weighted by atomic mass is 35.5. The minimum atomic E-state index is -0.0373. The zero-order valence-electron chi connectivity index (χ0n) is 14.4. The van der Waals surface area contributed by atoms with Gasteiger partial charge in [0, 0.05) is 23.8 Å². The first-order valence-corrected chi connectivity index (χ1v) is 8.94. The number of para-hydroxylation sites is 1. The topological polar surface area (TPSA) is 32.3 Å². The smallest absolute Gasteiger partial charge is 0.239 e. The molecule has 0 radical (unpaired) electrons. The van der Waals surface area contributed by atoms with Crippen LogP contribution in [0.4, 0.5) is 5.69 Å². The van der Waals surface area contributed by atoms with Crippen molar-refractivity contribution in [2.75, 3.05) is 11.4 Å². The third kappa shape index (κ3) is 5.11. The predicted molar refractivity (Wildman–Crippen MR) is 107 cm³/mol. The SMILES string of the molecule is O=C(CN(Cc1ccccc1)c1ccccc1)NCc1ccccc1Cl. The van der Waals surface area contributed by atoms with Gasteiger partial charge in [0.2, 0.25) is 5.91 Å². The lowest BCUT2D eigenvalue weighted by molar-refractivity contribution is -0.119. The first-order chi connectivity index (χ1) is 12.7. The second-order valence-corrected chi connectivity index (χ2v) is 6.45. The Labute approximate surface area is 159 Å².